The number of esters is 1. The Kier molecular flexibility index (Phi) is 3.48. The summed E-state index contributed by atoms with van der Waals surface area (Å²) in [5, 5.41) is 0. The van der Waals surface area contributed by atoms with Crippen LogP contribution < -0.4 is 4.90 Å². The smallest absolute Gasteiger partial charge is 0.330 e. The van der Waals surface area contributed by atoms with Gasteiger partial charge in [0.1, 0.15) is 6.10 Å². The van der Waals surface area contributed by atoms with Gasteiger partial charge in [-0.05, 0) is 27.7 Å². The summed E-state index contributed by atoms with van der Waals surface area (Å²) in [5.41, 5.74) is 0.266. The van der Waals surface area contributed by atoms with Gasteiger partial charge in [-0.2, -0.15) is 0 Å². The molecule has 0 saturated carbocycles. The number of piperidine rings is 1. The lowest BCUT2D eigenvalue weighted by Gasteiger charge is -2.49. The zero-order chi connectivity index (χ0) is 12.6. The molecular formula is C13H24NO2+. The first-order chi connectivity index (χ1) is 7.19. The summed E-state index contributed by atoms with van der Waals surface area (Å²) in [6, 6.07) is 0. The van der Waals surface area contributed by atoms with E-state index in [4.69, 9.17) is 4.74 Å². The Bertz CT molecular complexity index is 276. The van der Waals surface area contributed by atoms with Gasteiger partial charge in [0.15, 0.2) is 0 Å². The predicted molar refractivity (Wildman–Crippen MR) is 64.4 cm³/mol. The molecule has 92 valence electrons. The first-order valence-electron chi connectivity index (χ1n) is 5.86. The van der Waals surface area contributed by atoms with Crippen LogP contribution in [-0.2, 0) is 9.53 Å². The van der Waals surface area contributed by atoms with Crippen molar-refractivity contribution in [1.29, 1.82) is 0 Å². The van der Waals surface area contributed by atoms with Crippen molar-refractivity contribution in [3.8, 4) is 0 Å². The normalized spacial score (nSPS) is 31.8. The minimum Gasteiger partial charge on any atom is -0.459 e. The van der Waals surface area contributed by atoms with Crippen molar-refractivity contribution in [3.05, 3.63) is 12.7 Å². The van der Waals surface area contributed by atoms with Gasteiger partial charge in [0, 0.05) is 18.9 Å². The molecule has 3 heteroatoms. The van der Waals surface area contributed by atoms with Gasteiger partial charge in [-0.3, -0.25) is 0 Å². The Balaban J connectivity index is 2.78. The third-order valence-electron chi connectivity index (χ3n) is 3.96. The fraction of sp³-hybridized carbons (Fsp3) is 0.769. The van der Waals surface area contributed by atoms with Gasteiger partial charge in [0.05, 0.1) is 18.1 Å². The van der Waals surface area contributed by atoms with Gasteiger partial charge in [-0.25, -0.2) is 4.79 Å². The molecule has 0 aliphatic carbocycles. The Hall–Kier alpha value is -0.830. The van der Waals surface area contributed by atoms with Crippen molar-refractivity contribution in [1.82, 2.24) is 0 Å². The molecule has 0 aromatic heterocycles. The summed E-state index contributed by atoms with van der Waals surface area (Å²) in [7, 11) is 2.21. The molecule has 0 aromatic rings. The SMILES string of the molecule is C=CC(=O)OC1CC(C)(C)[NH+](C)C(C)(C)C1. The molecule has 1 aliphatic rings. The summed E-state index contributed by atoms with van der Waals surface area (Å²) in [6.45, 7) is 12.3. The van der Waals surface area contributed by atoms with Gasteiger partial charge < -0.3 is 9.64 Å². The zero-order valence-corrected chi connectivity index (χ0v) is 11.1. The topological polar surface area (TPSA) is 30.7 Å². The molecule has 0 amide bonds. The van der Waals surface area contributed by atoms with Crippen LogP contribution in [0.4, 0.5) is 0 Å². The molecule has 0 spiro atoms. The highest BCUT2D eigenvalue weighted by molar-refractivity contribution is 5.81. The summed E-state index contributed by atoms with van der Waals surface area (Å²) >= 11 is 0. The minimum absolute atomic E-state index is 0.0131. The third-order valence-corrected chi connectivity index (χ3v) is 3.96. The molecular weight excluding hydrogens is 202 g/mol. The Morgan fingerprint density at radius 3 is 2.12 bits per heavy atom. The molecule has 1 fully saturated rings. The standard InChI is InChI=1S/C13H23NO2/c1-7-11(15)16-10-8-12(2,3)14(6)13(4,5)9-10/h7,10H,1,8-9H2,2-6H3/p+1. The molecule has 1 aliphatic heterocycles. The van der Waals surface area contributed by atoms with Crippen molar-refractivity contribution >= 4 is 5.97 Å². The van der Waals surface area contributed by atoms with E-state index in [9.17, 15) is 4.79 Å². The molecule has 16 heavy (non-hydrogen) atoms. The maximum atomic E-state index is 11.2. The average Bonchev–Trinajstić information content (AvgIpc) is 2.13. The van der Waals surface area contributed by atoms with Crippen LogP contribution in [0.5, 0.6) is 0 Å². The van der Waals surface area contributed by atoms with Gasteiger partial charge in [0.2, 0.25) is 0 Å². The highest BCUT2D eigenvalue weighted by atomic mass is 16.5. The number of quaternary nitrogens is 1. The van der Waals surface area contributed by atoms with E-state index in [-0.39, 0.29) is 23.2 Å². The molecule has 0 atom stereocenters. The zero-order valence-electron chi connectivity index (χ0n) is 11.1. The van der Waals surface area contributed by atoms with Gasteiger partial charge in [-0.15, -0.1) is 0 Å². The van der Waals surface area contributed by atoms with Gasteiger partial charge in [0.25, 0.3) is 0 Å². The first-order valence-corrected chi connectivity index (χ1v) is 5.86. The Morgan fingerprint density at radius 2 is 1.75 bits per heavy atom. The van der Waals surface area contributed by atoms with Crippen LogP contribution in [0.1, 0.15) is 40.5 Å². The predicted octanol–water partition coefficient (Wildman–Crippen LogP) is 0.950. The van der Waals surface area contributed by atoms with E-state index < -0.39 is 0 Å². The van der Waals surface area contributed by atoms with Crippen molar-refractivity contribution in [2.24, 2.45) is 0 Å². The molecule has 1 heterocycles. The Morgan fingerprint density at radius 1 is 1.31 bits per heavy atom. The van der Waals surface area contributed by atoms with Crippen LogP contribution >= 0.6 is 0 Å². The van der Waals surface area contributed by atoms with Crippen LogP contribution in [0.15, 0.2) is 12.7 Å². The van der Waals surface area contributed by atoms with Crippen LogP contribution in [0.3, 0.4) is 0 Å². The second-order valence-corrected chi connectivity index (χ2v) is 6.06. The third kappa shape index (κ3) is 2.64. The molecule has 0 unspecified atom stereocenters. The second-order valence-electron chi connectivity index (χ2n) is 6.06. The number of likely N-dealkylation sites (tertiary alicyclic amines) is 1. The van der Waals surface area contributed by atoms with Crippen molar-refractivity contribution in [2.75, 3.05) is 7.05 Å². The molecule has 3 nitrogen and oxygen atoms in total. The molecule has 0 bridgehead atoms. The van der Waals surface area contributed by atoms with E-state index in [1.807, 2.05) is 0 Å². The second kappa shape index (κ2) is 4.21. The minimum atomic E-state index is -0.309. The van der Waals surface area contributed by atoms with Crippen molar-refractivity contribution in [2.45, 2.75) is 57.7 Å². The number of nitrogens with one attached hydrogen (secondary N) is 1. The molecule has 0 radical (unpaired) electrons. The lowest BCUT2D eigenvalue weighted by molar-refractivity contribution is -0.983. The largest absolute Gasteiger partial charge is 0.459 e. The van der Waals surface area contributed by atoms with Crippen LogP contribution in [-0.4, -0.2) is 30.2 Å². The molecule has 0 aromatic carbocycles. The van der Waals surface area contributed by atoms with Crippen LogP contribution in [0.25, 0.3) is 0 Å². The number of carbonyl (C=O) groups excluding carboxylic acids is 1. The molecule has 1 N–H and O–H groups in total. The highest BCUT2D eigenvalue weighted by Gasteiger charge is 2.48. The van der Waals surface area contributed by atoms with E-state index in [1.54, 1.807) is 0 Å². The average molecular weight is 226 g/mol. The number of ether oxygens (including phenoxy) is 1. The summed E-state index contributed by atoms with van der Waals surface area (Å²) in [5.74, 6) is -0.309. The quantitative estimate of drug-likeness (QED) is 0.561. The summed E-state index contributed by atoms with van der Waals surface area (Å²) in [4.78, 5) is 12.7. The molecule has 1 saturated heterocycles. The van der Waals surface area contributed by atoms with E-state index in [2.05, 4.69) is 41.3 Å². The van der Waals surface area contributed by atoms with E-state index in [0.29, 0.717) is 0 Å². The number of carbonyl (C=O) groups is 1. The fourth-order valence-corrected chi connectivity index (χ4v) is 2.73. The summed E-state index contributed by atoms with van der Waals surface area (Å²) < 4.78 is 5.39. The lowest BCUT2D eigenvalue weighted by Crippen LogP contribution is -3.24. The number of rotatable bonds is 2. The Labute approximate surface area is 98.5 Å². The number of hydrogen-bond donors (Lipinski definition) is 1. The van der Waals surface area contributed by atoms with E-state index >= 15 is 0 Å². The monoisotopic (exact) mass is 226 g/mol. The number of hydrogen-bond acceptors (Lipinski definition) is 2. The van der Waals surface area contributed by atoms with E-state index in [0.717, 1.165) is 12.8 Å². The van der Waals surface area contributed by atoms with Crippen LogP contribution in [0.2, 0.25) is 0 Å². The maximum absolute atomic E-state index is 11.2. The van der Waals surface area contributed by atoms with Crippen LogP contribution in [0, 0.1) is 0 Å². The maximum Gasteiger partial charge on any atom is 0.330 e. The lowest BCUT2D eigenvalue weighted by atomic mass is 9.79. The fourth-order valence-electron chi connectivity index (χ4n) is 2.73. The van der Waals surface area contributed by atoms with Gasteiger partial charge >= 0.3 is 5.97 Å². The first kappa shape index (κ1) is 13.2. The van der Waals surface area contributed by atoms with Crippen molar-refractivity contribution < 1.29 is 14.4 Å². The molecule has 1 rings (SSSR count). The summed E-state index contributed by atoms with van der Waals surface area (Å²) in [6.07, 6.45) is 3.06. The van der Waals surface area contributed by atoms with Gasteiger partial charge in [-0.1, -0.05) is 6.58 Å². The van der Waals surface area contributed by atoms with E-state index in [1.165, 1.54) is 11.0 Å². The van der Waals surface area contributed by atoms with Crippen molar-refractivity contribution in [3.63, 3.8) is 0 Å². The highest BCUT2D eigenvalue weighted by Crippen LogP contribution is 2.25.